The van der Waals surface area contributed by atoms with Gasteiger partial charge in [-0.1, -0.05) is 6.07 Å². The lowest BCUT2D eigenvalue weighted by Gasteiger charge is -2.09. The van der Waals surface area contributed by atoms with Gasteiger partial charge in [0.05, 0.1) is 6.61 Å². The van der Waals surface area contributed by atoms with Crippen LogP contribution < -0.4 is 8.92 Å². The first-order valence-electron chi connectivity index (χ1n) is 7.37. The minimum atomic E-state index is -3.82. The van der Waals surface area contributed by atoms with Crippen molar-refractivity contribution < 1.29 is 17.3 Å². The Morgan fingerprint density at radius 3 is 2.36 bits per heavy atom. The van der Waals surface area contributed by atoms with Crippen LogP contribution in [0.3, 0.4) is 0 Å². The summed E-state index contributed by atoms with van der Waals surface area (Å²) >= 11 is 0. The fourth-order valence-electron chi connectivity index (χ4n) is 2.64. The molecule has 5 heteroatoms. The van der Waals surface area contributed by atoms with Crippen molar-refractivity contribution in [1.82, 2.24) is 0 Å². The molecule has 0 bridgehead atoms. The van der Waals surface area contributed by atoms with Gasteiger partial charge in [-0.25, -0.2) is 0 Å². The van der Waals surface area contributed by atoms with Crippen molar-refractivity contribution in [2.75, 3.05) is 6.61 Å². The molecule has 0 amide bonds. The highest BCUT2D eigenvalue weighted by Crippen LogP contribution is 2.28. The van der Waals surface area contributed by atoms with E-state index in [2.05, 4.69) is 0 Å². The van der Waals surface area contributed by atoms with E-state index in [4.69, 9.17) is 8.92 Å². The summed E-state index contributed by atoms with van der Waals surface area (Å²) in [6.07, 6.45) is 3.15. The van der Waals surface area contributed by atoms with Crippen molar-refractivity contribution >= 4 is 10.1 Å². The summed E-state index contributed by atoms with van der Waals surface area (Å²) in [4.78, 5) is 0.122. The Hall–Kier alpha value is -2.01. The van der Waals surface area contributed by atoms with E-state index in [9.17, 15) is 8.42 Å². The summed E-state index contributed by atoms with van der Waals surface area (Å²) in [6, 6.07) is 11.7. The summed E-state index contributed by atoms with van der Waals surface area (Å²) in [6.45, 7) is 2.42. The van der Waals surface area contributed by atoms with E-state index < -0.39 is 10.1 Å². The van der Waals surface area contributed by atoms with Crippen molar-refractivity contribution in [2.24, 2.45) is 0 Å². The van der Waals surface area contributed by atoms with Crippen LogP contribution >= 0.6 is 0 Å². The minimum absolute atomic E-state index is 0.122. The molecule has 22 heavy (non-hydrogen) atoms. The molecule has 0 aliphatic heterocycles. The van der Waals surface area contributed by atoms with E-state index in [1.165, 1.54) is 23.3 Å². The van der Waals surface area contributed by atoms with Crippen LogP contribution in [0.1, 0.15) is 24.5 Å². The van der Waals surface area contributed by atoms with Crippen LogP contribution in [-0.2, 0) is 23.0 Å². The number of benzene rings is 2. The van der Waals surface area contributed by atoms with E-state index in [0.29, 0.717) is 18.1 Å². The van der Waals surface area contributed by atoms with Crippen LogP contribution in [0.2, 0.25) is 0 Å². The molecule has 4 nitrogen and oxygen atoms in total. The summed E-state index contributed by atoms with van der Waals surface area (Å²) in [5.41, 5.74) is 2.46. The topological polar surface area (TPSA) is 52.6 Å². The average molecular weight is 318 g/mol. The maximum absolute atomic E-state index is 12.3. The second-order valence-corrected chi connectivity index (χ2v) is 6.77. The molecule has 1 aliphatic rings. The molecule has 2 aromatic rings. The first-order valence-corrected chi connectivity index (χ1v) is 8.78. The Morgan fingerprint density at radius 2 is 1.64 bits per heavy atom. The van der Waals surface area contributed by atoms with Crippen LogP contribution in [0.25, 0.3) is 0 Å². The first kappa shape index (κ1) is 14.9. The lowest BCUT2D eigenvalue weighted by Crippen LogP contribution is -2.10. The molecule has 116 valence electrons. The third-order valence-corrected chi connectivity index (χ3v) is 4.96. The Bertz CT molecular complexity index is 764. The molecular formula is C17H18O4S. The molecule has 0 unspecified atom stereocenters. The second-order valence-electron chi connectivity index (χ2n) is 5.23. The number of ether oxygens (including phenoxy) is 1. The van der Waals surface area contributed by atoms with E-state index in [1.54, 1.807) is 18.2 Å². The molecular weight excluding hydrogens is 300 g/mol. The molecule has 1 aliphatic carbocycles. The van der Waals surface area contributed by atoms with Gasteiger partial charge in [0.1, 0.15) is 16.4 Å². The highest BCUT2D eigenvalue weighted by Gasteiger charge is 2.18. The largest absolute Gasteiger partial charge is 0.494 e. The second kappa shape index (κ2) is 6.01. The summed E-state index contributed by atoms with van der Waals surface area (Å²) in [7, 11) is -3.82. The van der Waals surface area contributed by atoms with Gasteiger partial charge < -0.3 is 8.92 Å². The molecule has 0 atom stereocenters. The Morgan fingerprint density at radius 1 is 0.955 bits per heavy atom. The van der Waals surface area contributed by atoms with Gasteiger partial charge in [-0.2, -0.15) is 8.42 Å². The zero-order valence-corrected chi connectivity index (χ0v) is 13.2. The van der Waals surface area contributed by atoms with Crippen molar-refractivity contribution in [3.8, 4) is 11.5 Å². The zero-order chi connectivity index (χ0) is 15.6. The highest BCUT2D eigenvalue weighted by atomic mass is 32.2. The normalized spacial score (nSPS) is 13.7. The third-order valence-electron chi connectivity index (χ3n) is 3.70. The summed E-state index contributed by atoms with van der Waals surface area (Å²) < 4.78 is 35.2. The third kappa shape index (κ3) is 3.09. The quantitative estimate of drug-likeness (QED) is 0.793. The molecule has 0 saturated carbocycles. The van der Waals surface area contributed by atoms with Crippen LogP contribution in [-0.4, -0.2) is 15.0 Å². The lowest BCUT2D eigenvalue weighted by molar-refractivity contribution is 0.340. The molecule has 0 spiro atoms. The number of hydrogen-bond acceptors (Lipinski definition) is 4. The predicted octanol–water partition coefficient (Wildman–Crippen LogP) is 3.34. The van der Waals surface area contributed by atoms with Crippen molar-refractivity contribution in [1.29, 1.82) is 0 Å². The maximum Gasteiger partial charge on any atom is 0.339 e. The van der Waals surface area contributed by atoms with Gasteiger partial charge in [0.2, 0.25) is 0 Å². The maximum atomic E-state index is 12.3. The van der Waals surface area contributed by atoms with Gasteiger partial charge in [-0.3, -0.25) is 0 Å². The molecule has 0 aromatic heterocycles. The number of aryl methyl sites for hydroxylation is 2. The minimum Gasteiger partial charge on any atom is -0.494 e. The molecule has 2 aromatic carbocycles. The molecule has 0 heterocycles. The van der Waals surface area contributed by atoms with Crippen molar-refractivity contribution in [2.45, 2.75) is 31.1 Å². The predicted molar refractivity (Wildman–Crippen MR) is 83.9 cm³/mol. The average Bonchev–Trinajstić information content (AvgIpc) is 2.95. The number of fused-ring (bicyclic) bond motifs is 1. The van der Waals surface area contributed by atoms with E-state index >= 15 is 0 Å². The molecule has 3 rings (SSSR count). The van der Waals surface area contributed by atoms with Crippen LogP contribution in [0.4, 0.5) is 0 Å². The van der Waals surface area contributed by atoms with Gasteiger partial charge in [-0.05, 0) is 73.7 Å². The SMILES string of the molecule is CCOc1ccc(S(=O)(=O)Oc2ccc3c(c2)CCC3)cc1. The molecule has 0 fully saturated rings. The zero-order valence-electron chi connectivity index (χ0n) is 12.4. The van der Waals surface area contributed by atoms with Crippen molar-refractivity contribution in [3.63, 3.8) is 0 Å². The number of hydrogen-bond donors (Lipinski definition) is 0. The molecule has 0 N–H and O–H groups in total. The smallest absolute Gasteiger partial charge is 0.339 e. The fourth-order valence-corrected chi connectivity index (χ4v) is 3.57. The first-order chi connectivity index (χ1) is 10.6. The van der Waals surface area contributed by atoms with Crippen LogP contribution in [0.15, 0.2) is 47.4 Å². The fraction of sp³-hybridized carbons (Fsp3) is 0.294. The lowest BCUT2D eigenvalue weighted by atomic mass is 10.1. The van der Waals surface area contributed by atoms with Crippen LogP contribution in [0, 0.1) is 0 Å². The van der Waals surface area contributed by atoms with E-state index in [1.807, 2.05) is 19.1 Å². The Kier molecular flexibility index (Phi) is 4.07. The molecule has 0 saturated heterocycles. The van der Waals surface area contributed by atoms with Gasteiger partial charge >= 0.3 is 10.1 Å². The van der Waals surface area contributed by atoms with Gasteiger partial charge in [-0.15, -0.1) is 0 Å². The van der Waals surface area contributed by atoms with Gasteiger partial charge in [0.25, 0.3) is 0 Å². The van der Waals surface area contributed by atoms with Gasteiger partial charge in [0.15, 0.2) is 0 Å². The standard InChI is InChI=1S/C17H18O4S/c1-2-20-15-8-10-17(11-9-15)22(18,19)21-16-7-6-13-4-3-5-14(13)12-16/h6-12H,2-5H2,1H3. The van der Waals surface area contributed by atoms with E-state index in [0.717, 1.165) is 19.3 Å². The monoisotopic (exact) mass is 318 g/mol. The van der Waals surface area contributed by atoms with Gasteiger partial charge in [0, 0.05) is 0 Å². The Labute approximate surface area is 130 Å². The highest BCUT2D eigenvalue weighted by molar-refractivity contribution is 7.87. The summed E-state index contributed by atoms with van der Waals surface area (Å²) in [5.74, 6) is 1.01. The van der Waals surface area contributed by atoms with Crippen LogP contribution in [0.5, 0.6) is 11.5 Å². The molecule has 0 radical (unpaired) electrons. The Balaban J connectivity index is 1.81. The summed E-state index contributed by atoms with van der Waals surface area (Å²) in [5, 5.41) is 0. The number of rotatable bonds is 5. The van der Waals surface area contributed by atoms with E-state index in [-0.39, 0.29) is 4.90 Å². The van der Waals surface area contributed by atoms with Crippen molar-refractivity contribution in [3.05, 3.63) is 53.6 Å².